The van der Waals surface area contributed by atoms with Crippen LogP contribution in [0.3, 0.4) is 0 Å². The number of nitrogens with one attached hydrogen (secondary N) is 1. The van der Waals surface area contributed by atoms with Crippen molar-refractivity contribution < 1.29 is 19.6 Å². The second kappa shape index (κ2) is 7.13. The fourth-order valence-corrected chi connectivity index (χ4v) is 1.65. The molecule has 8 nitrogen and oxygen atoms in total. The number of nitro groups is 1. The Morgan fingerprint density at radius 3 is 2.62 bits per heavy atom. The molecule has 0 aliphatic carbocycles. The molecule has 0 fully saturated rings. The highest BCUT2D eigenvalue weighted by Crippen LogP contribution is 2.21. The van der Waals surface area contributed by atoms with Gasteiger partial charge in [0, 0.05) is 17.2 Å². The van der Waals surface area contributed by atoms with Gasteiger partial charge in [0.05, 0.1) is 10.6 Å². The van der Waals surface area contributed by atoms with Crippen LogP contribution in [0, 0.1) is 10.1 Å². The molecule has 0 saturated carbocycles. The number of nitrogens with zero attached hydrogens (tertiary/aromatic N) is 2. The van der Waals surface area contributed by atoms with Crippen molar-refractivity contribution in [2.24, 2.45) is 5.10 Å². The van der Waals surface area contributed by atoms with Crippen LogP contribution in [-0.4, -0.2) is 27.6 Å². The molecule has 8 heteroatoms. The third kappa shape index (κ3) is 4.68. The number of carboxylic acid groups (broad SMARTS) is 1. The molecule has 1 rings (SSSR count). The number of aryl methyl sites for hydroxylation is 1. The summed E-state index contributed by atoms with van der Waals surface area (Å²) in [6.45, 7) is 3.38. The summed E-state index contributed by atoms with van der Waals surface area (Å²) in [6, 6.07) is 4.67. The van der Waals surface area contributed by atoms with E-state index in [2.05, 4.69) is 10.5 Å². The molecular weight excluding hydrogens is 278 g/mol. The molecule has 21 heavy (non-hydrogen) atoms. The van der Waals surface area contributed by atoms with E-state index in [1.165, 1.54) is 6.07 Å². The van der Waals surface area contributed by atoms with Crippen LogP contribution in [0.25, 0.3) is 0 Å². The minimum absolute atomic E-state index is 0.0126. The van der Waals surface area contributed by atoms with Gasteiger partial charge in [0.25, 0.3) is 11.6 Å². The summed E-state index contributed by atoms with van der Waals surface area (Å²) in [5.41, 5.74) is 3.51. The third-order valence-electron chi connectivity index (χ3n) is 2.74. The van der Waals surface area contributed by atoms with E-state index in [4.69, 9.17) is 5.11 Å². The lowest BCUT2D eigenvalue weighted by molar-refractivity contribution is -0.385. The van der Waals surface area contributed by atoms with Gasteiger partial charge in [-0.3, -0.25) is 19.7 Å². The Balaban J connectivity index is 2.94. The maximum absolute atomic E-state index is 11.2. The molecule has 0 radical (unpaired) electrons. The lowest BCUT2D eigenvalue weighted by Crippen LogP contribution is -2.22. The molecule has 1 aromatic carbocycles. The molecule has 2 N–H and O–H groups in total. The number of carboxylic acids is 1. The predicted molar refractivity (Wildman–Crippen MR) is 75.1 cm³/mol. The molecule has 0 aliphatic rings. The van der Waals surface area contributed by atoms with Gasteiger partial charge in [0.15, 0.2) is 0 Å². The molecular formula is C13H15N3O5. The van der Waals surface area contributed by atoms with Gasteiger partial charge in [-0.05, 0) is 13.3 Å². The Morgan fingerprint density at radius 1 is 1.43 bits per heavy atom. The highest BCUT2D eigenvalue weighted by atomic mass is 16.6. The number of aliphatic carboxylic acids is 1. The van der Waals surface area contributed by atoms with Gasteiger partial charge in [-0.25, -0.2) is 5.43 Å². The van der Waals surface area contributed by atoms with E-state index in [9.17, 15) is 19.7 Å². The molecule has 0 aromatic heterocycles. The van der Waals surface area contributed by atoms with Crippen LogP contribution >= 0.6 is 0 Å². The van der Waals surface area contributed by atoms with Crippen molar-refractivity contribution >= 4 is 23.3 Å². The van der Waals surface area contributed by atoms with Crippen molar-refractivity contribution in [3.63, 3.8) is 0 Å². The maximum Gasteiger partial charge on any atom is 0.312 e. The maximum atomic E-state index is 11.2. The quantitative estimate of drug-likeness (QED) is 0.356. The molecule has 0 atom stereocenters. The van der Waals surface area contributed by atoms with Crippen LogP contribution in [-0.2, 0) is 16.0 Å². The van der Waals surface area contributed by atoms with Crippen molar-refractivity contribution in [2.45, 2.75) is 26.7 Å². The van der Waals surface area contributed by atoms with Gasteiger partial charge in [0.1, 0.15) is 6.42 Å². The van der Waals surface area contributed by atoms with Crippen LogP contribution in [0.1, 0.15) is 31.4 Å². The monoisotopic (exact) mass is 293 g/mol. The number of carbonyl (C=O) groups excluding carboxylic acids is 1. The van der Waals surface area contributed by atoms with E-state index < -0.39 is 23.2 Å². The first-order valence-electron chi connectivity index (χ1n) is 6.17. The zero-order valence-electron chi connectivity index (χ0n) is 11.6. The number of carbonyl (C=O) groups is 2. The second-order valence-corrected chi connectivity index (χ2v) is 4.26. The summed E-state index contributed by atoms with van der Waals surface area (Å²) >= 11 is 0. The standard InChI is InChI=1S/C13H15N3O5/c1-3-9-4-5-10(6-11(9)16(20)21)8(2)14-15-12(17)7-13(18)19/h4-6H,3,7H2,1-2H3,(H,15,17)(H,18,19)/b14-8+. The largest absolute Gasteiger partial charge is 0.481 e. The first kappa shape index (κ1) is 16.3. The summed E-state index contributed by atoms with van der Waals surface area (Å²) in [7, 11) is 0. The van der Waals surface area contributed by atoms with E-state index >= 15 is 0 Å². The molecule has 0 bridgehead atoms. The van der Waals surface area contributed by atoms with E-state index in [0.29, 0.717) is 23.3 Å². The van der Waals surface area contributed by atoms with Crippen molar-refractivity contribution in [1.82, 2.24) is 5.43 Å². The number of amides is 1. The van der Waals surface area contributed by atoms with Gasteiger partial charge < -0.3 is 5.11 Å². The Morgan fingerprint density at radius 2 is 2.10 bits per heavy atom. The lowest BCUT2D eigenvalue weighted by atomic mass is 10.0. The van der Waals surface area contributed by atoms with Gasteiger partial charge >= 0.3 is 5.97 Å². The summed E-state index contributed by atoms with van der Waals surface area (Å²) < 4.78 is 0. The predicted octanol–water partition coefficient (Wildman–Crippen LogP) is 1.47. The number of hydrazone groups is 1. The first-order chi connectivity index (χ1) is 9.85. The first-order valence-corrected chi connectivity index (χ1v) is 6.17. The third-order valence-corrected chi connectivity index (χ3v) is 2.74. The van der Waals surface area contributed by atoms with Crippen molar-refractivity contribution in [3.8, 4) is 0 Å². The lowest BCUT2D eigenvalue weighted by Gasteiger charge is -2.05. The van der Waals surface area contributed by atoms with Crippen molar-refractivity contribution in [3.05, 3.63) is 39.4 Å². The number of hydrogen-bond acceptors (Lipinski definition) is 5. The Kier molecular flexibility index (Phi) is 5.53. The van der Waals surface area contributed by atoms with Crippen LogP contribution in [0.15, 0.2) is 23.3 Å². The smallest absolute Gasteiger partial charge is 0.312 e. The normalized spacial score (nSPS) is 11.0. The molecule has 0 saturated heterocycles. The number of benzene rings is 1. The Bertz CT molecular complexity index is 610. The van der Waals surface area contributed by atoms with Crippen LogP contribution < -0.4 is 5.43 Å². The number of nitro benzene ring substituents is 1. The summed E-state index contributed by atoms with van der Waals surface area (Å²) in [4.78, 5) is 32.0. The average Bonchev–Trinajstić information content (AvgIpc) is 2.43. The van der Waals surface area contributed by atoms with E-state index in [1.807, 2.05) is 6.92 Å². The van der Waals surface area contributed by atoms with Gasteiger partial charge in [0.2, 0.25) is 0 Å². The van der Waals surface area contributed by atoms with Crippen molar-refractivity contribution in [2.75, 3.05) is 0 Å². The molecule has 112 valence electrons. The fourth-order valence-electron chi connectivity index (χ4n) is 1.65. The van der Waals surface area contributed by atoms with E-state index in [1.54, 1.807) is 19.1 Å². The minimum Gasteiger partial charge on any atom is -0.481 e. The Labute approximate surface area is 120 Å². The summed E-state index contributed by atoms with van der Waals surface area (Å²) in [5, 5.41) is 23.1. The molecule has 1 amide bonds. The summed E-state index contributed by atoms with van der Waals surface area (Å²) in [6.07, 6.45) is -0.159. The van der Waals surface area contributed by atoms with Gasteiger partial charge in [-0.2, -0.15) is 5.10 Å². The minimum atomic E-state index is -1.26. The topological polar surface area (TPSA) is 122 Å². The molecule has 0 heterocycles. The van der Waals surface area contributed by atoms with Crippen LogP contribution in [0.5, 0.6) is 0 Å². The zero-order chi connectivity index (χ0) is 16.0. The van der Waals surface area contributed by atoms with Crippen molar-refractivity contribution in [1.29, 1.82) is 0 Å². The van der Waals surface area contributed by atoms with Gasteiger partial charge in [-0.15, -0.1) is 0 Å². The zero-order valence-corrected chi connectivity index (χ0v) is 11.6. The highest BCUT2D eigenvalue weighted by molar-refractivity contribution is 6.00. The molecule has 0 spiro atoms. The second-order valence-electron chi connectivity index (χ2n) is 4.26. The van der Waals surface area contributed by atoms with Gasteiger partial charge in [-0.1, -0.05) is 19.1 Å². The molecule has 1 aromatic rings. The summed E-state index contributed by atoms with van der Waals surface area (Å²) in [5.74, 6) is -2.02. The number of rotatable bonds is 6. The van der Waals surface area contributed by atoms with Crippen LogP contribution in [0.4, 0.5) is 5.69 Å². The Hall–Kier alpha value is -2.77. The fraction of sp³-hybridized carbons (Fsp3) is 0.308. The average molecular weight is 293 g/mol. The highest BCUT2D eigenvalue weighted by Gasteiger charge is 2.14. The number of hydrogen-bond donors (Lipinski definition) is 2. The molecule has 0 unspecified atom stereocenters. The van der Waals surface area contributed by atoms with E-state index in [0.717, 1.165) is 0 Å². The van der Waals surface area contributed by atoms with Crippen LogP contribution in [0.2, 0.25) is 0 Å². The SMILES string of the molecule is CCc1ccc(/C(C)=N/NC(=O)CC(=O)O)cc1[N+](=O)[O-]. The molecule has 0 aliphatic heterocycles. The van der Waals surface area contributed by atoms with E-state index in [-0.39, 0.29) is 5.69 Å².